The zero-order chi connectivity index (χ0) is 14.5. The average molecular weight is 273 g/mol. The van der Waals surface area contributed by atoms with Gasteiger partial charge in [-0.15, -0.1) is 0 Å². The summed E-state index contributed by atoms with van der Waals surface area (Å²) in [6.45, 7) is 0.377. The number of benzene rings is 2. The van der Waals surface area contributed by atoms with Crippen molar-refractivity contribution in [3.63, 3.8) is 0 Å². The molecular weight excluding hydrogens is 258 g/mol. The van der Waals surface area contributed by atoms with E-state index < -0.39 is 5.91 Å². The third-order valence-corrected chi connectivity index (χ3v) is 2.73. The van der Waals surface area contributed by atoms with Gasteiger partial charge in [0.1, 0.15) is 11.5 Å². The Balaban J connectivity index is 2.23. The summed E-state index contributed by atoms with van der Waals surface area (Å²) >= 11 is 0. The van der Waals surface area contributed by atoms with Gasteiger partial charge in [-0.3, -0.25) is 4.79 Å². The summed E-state index contributed by atoms with van der Waals surface area (Å²) in [6.07, 6.45) is 0. The maximum absolute atomic E-state index is 12.1. The fourth-order valence-electron chi connectivity index (χ4n) is 1.84. The number of ether oxygens (including phenoxy) is 1. The van der Waals surface area contributed by atoms with E-state index in [-0.39, 0.29) is 17.1 Å². The largest absolute Gasteiger partial charge is 0.508 e. The zero-order valence-corrected chi connectivity index (χ0v) is 11.0. The highest BCUT2D eigenvalue weighted by Gasteiger charge is 2.11. The highest BCUT2D eigenvalue weighted by molar-refractivity contribution is 6.05. The molecule has 0 aliphatic rings. The molecule has 0 bridgehead atoms. The van der Waals surface area contributed by atoms with Crippen LogP contribution < -0.4 is 5.32 Å². The van der Waals surface area contributed by atoms with Crippen LogP contribution in [0.5, 0.6) is 11.5 Å². The molecule has 2 aromatic carbocycles. The summed E-state index contributed by atoms with van der Waals surface area (Å²) in [5, 5.41) is 21.5. The number of rotatable bonds is 4. The van der Waals surface area contributed by atoms with Crippen LogP contribution in [-0.4, -0.2) is 23.2 Å². The summed E-state index contributed by atoms with van der Waals surface area (Å²) in [5.41, 5.74) is 1.64. The molecule has 0 fully saturated rings. The second kappa shape index (κ2) is 6.08. The van der Waals surface area contributed by atoms with Crippen LogP contribution >= 0.6 is 0 Å². The molecule has 0 atom stereocenters. The standard InChI is InChI=1S/C15H15NO4/c1-20-9-10-4-2-3-5-14(10)16-15(19)11-6-12(17)8-13(18)7-11/h2-8,17-18H,9H2,1H3,(H,16,19). The van der Waals surface area contributed by atoms with Gasteiger partial charge in [0.2, 0.25) is 0 Å². The summed E-state index contributed by atoms with van der Waals surface area (Å²) in [7, 11) is 1.58. The Morgan fingerprint density at radius 1 is 1.15 bits per heavy atom. The predicted molar refractivity (Wildman–Crippen MR) is 74.9 cm³/mol. The summed E-state index contributed by atoms with van der Waals surface area (Å²) < 4.78 is 5.06. The first kappa shape index (κ1) is 13.9. The van der Waals surface area contributed by atoms with Gasteiger partial charge in [0, 0.05) is 30.0 Å². The molecule has 0 aliphatic carbocycles. The lowest BCUT2D eigenvalue weighted by Gasteiger charge is -2.10. The normalized spacial score (nSPS) is 10.2. The molecule has 0 radical (unpaired) electrons. The first-order chi connectivity index (χ1) is 9.60. The SMILES string of the molecule is COCc1ccccc1NC(=O)c1cc(O)cc(O)c1. The maximum atomic E-state index is 12.1. The van der Waals surface area contributed by atoms with Crippen LogP contribution in [0.4, 0.5) is 5.69 Å². The van der Waals surface area contributed by atoms with Gasteiger partial charge >= 0.3 is 0 Å². The van der Waals surface area contributed by atoms with E-state index in [0.717, 1.165) is 11.6 Å². The molecule has 1 amide bonds. The summed E-state index contributed by atoms with van der Waals surface area (Å²) in [5.74, 6) is -0.750. The van der Waals surface area contributed by atoms with Crippen LogP contribution in [0.1, 0.15) is 15.9 Å². The van der Waals surface area contributed by atoms with Crippen LogP contribution in [0.15, 0.2) is 42.5 Å². The number of hydrogen-bond acceptors (Lipinski definition) is 4. The van der Waals surface area contributed by atoms with E-state index in [1.54, 1.807) is 19.2 Å². The van der Waals surface area contributed by atoms with Gasteiger partial charge in [-0.1, -0.05) is 18.2 Å². The van der Waals surface area contributed by atoms with E-state index >= 15 is 0 Å². The number of phenols is 2. The summed E-state index contributed by atoms with van der Waals surface area (Å²) in [6, 6.07) is 11.0. The van der Waals surface area contributed by atoms with Crippen LogP contribution in [0.25, 0.3) is 0 Å². The van der Waals surface area contributed by atoms with E-state index in [0.29, 0.717) is 12.3 Å². The van der Waals surface area contributed by atoms with Gasteiger partial charge in [0.25, 0.3) is 5.91 Å². The lowest BCUT2D eigenvalue weighted by Crippen LogP contribution is -2.13. The minimum Gasteiger partial charge on any atom is -0.508 e. The topological polar surface area (TPSA) is 78.8 Å². The average Bonchev–Trinajstić information content (AvgIpc) is 2.40. The lowest BCUT2D eigenvalue weighted by molar-refractivity contribution is 0.102. The number of hydrogen-bond donors (Lipinski definition) is 3. The molecule has 5 nitrogen and oxygen atoms in total. The molecule has 0 saturated carbocycles. The number of nitrogens with one attached hydrogen (secondary N) is 1. The number of phenolic OH excluding ortho intramolecular Hbond substituents is 2. The molecule has 104 valence electrons. The first-order valence-electron chi connectivity index (χ1n) is 6.01. The van der Waals surface area contributed by atoms with Gasteiger partial charge in [-0.2, -0.15) is 0 Å². The van der Waals surface area contributed by atoms with Crippen LogP contribution in [0.2, 0.25) is 0 Å². The Morgan fingerprint density at radius 3 is 2.45 bits per heavy atom. The number of anilines is 1. The van der Waals surface area contributed by atoms with E-state index in [2.05, 4.69) is 5.32 Å². The quantitative estimate of drug-likeness (QED) is 0.799. The van der Waals surface area contributed by atoms with Crippen molar-refractivity contribution >= 4 is 11.6 Å². The van der Waals surface area contributed by atoms with E-state index in [9.17, 15) is 15.0 Å². The molecule has 0 saturated heterocycles. The first-order valence-corrected chi connectivity index (χ1v) is 6.01. The molecular formula is C15H15NO4. The number of para-hydroxylation sites is 1. The Labute approximate surface area is 116 Å². The zero-order valence-electron chi connectivity index (χ0n) is 11.0. The summed E-state index contributed by atoms with van der Waals surface area (Å²) in [4.78, 5) is 12.1. The van der Waals surface area contributed by atoms with Gasteiger partial charge < -0.3 is 20.3 Å². The molecule has 2 aromatic rings. The molecule has 3 N–H and O–H groups in total. The van der Waals surface area contributed by atoms with Crippen molar-refractivity contribution < 1.29 is 19.7 Å². The van der Waals surface area contributed by atoms with Gasteiger partial charge in [-0.05, 0) is 18.2 Å². The van der Waals surface area contributed by atoms with Crippen molar-refractivity contribution in [2.75, 3.05) is 12.4 Å². The molecule has 0 spiro atoms. The van der Waals surface area contributed by atoms with E-state index in [4.69, 9.17) is 4.74 Å². The van der Waals surface area contributed by atoms with Crippen molar-refractivity contribution in [3.05, 3.63) is 53.6 Å². The molecule has 0 aromatic heterocycles. The minimum absolute atomic E-state index is 0.166. The van der Waals surface area contributed by atoms with E-state index in [1.807, 2.05) is 12.1 Å². The van der Waals surface area contributed by atoms with Crippen molar-refractivity contribution in [1.82, 2.24) is 0 Å². The van der Waals surface area contributed by atoms with Gasteiger partial charge in [0.05, 0.1) is 6.61 Å². The molecule has 2 rings (SSSR count). The fourth-order valence-corrected chi connectivity index (χ4v) is 1.84. The van der Waals surface area contributed by atoms with Crippen LogP contribution in [0.3, 0.4) is 0 Å². The highest BCUT2D eigenvalue weighted by atomic mass is 16.5. The number of methoxy groups -OCH3 is 1. The van der Waals surface area contributed by atoms with Crippen molar-refractivity contribution in [2.45, 2.75) is 6.61 Å². The van der Waals surface area contributed by atoms with Crippen molar-refractivity contribution in [2.24, 2.45) is 0 Å². The van der Waals surface area contributed by atoms with Crippen LogP contribution in [-0.2, 0) is 11.3 Å². The predicted octanol–water partition coefficient (Wildman–Crippen LogP) is 2.50. The Bertz CT molecular complexity index is 605. The van der Waals surface area contributed by atoms with Crippen molar-refractivity contribution in [1.29, 1.82) is 0 Å². The number of aromatic hydroxyl groups is 2. The number of amides is 1. The molecule has 5 heteroatoms. The van der Waals surface area contributed by atoms with Crippen LogP contribution in [0, 0.1) is 0 Å². The third kappa shape index (κ3) is 3.27. The third-order valence-electron chi connectivity index (χ3n) is 2.73. The smallest absolute Gasteiger partial charge is 0.255 e. The van der Waals surface area contributed by atoms with Gasteiger partial charge in [-0.25, -0.2) is 0 Å². The number of carbonyl (C=O) groups excluding carboxylic acids is 1. The van der Waals surface area contributed by atoms with E-state index in [1.165, 1.54) is 12.1 Å². The molecule has 0 heterocycles. The Hall–Kier alpha value is -2.53. The highest BCUT2D eigenvalue weighted by Crippen LogP contribution is 2.22. The maximum Gasteiger partial charge on any atom is 0.255 e. The molecule has 0 unspecified atom stereocenters. The second-order valence-corrected chi connectivity index (χ2v) is 4.28. The van der Waals surface area contributed by atoms with Crippen molar-refractivity contribution in [3.8, 4) is 11.5 Å². The van der Waals surface area contributed by atoms with Gasteiger partial charge in [0.15, 0.2) is 0 Å². The second-order valence-electron chi connectivity index (χ2n) is 4.28. The number of carbonyl (C=O) groups is 1. The fraction of sp³-hybridized carbons (Fsp3) is 0.133. The monoisotopic (exact) mass is 273 g/mol. The Kier molecular flexibility index (Phi) is 4.22. The molecule has 20 heavy (non-hydrogen) atoms. The molecule has 0 aliphatic heterocycles. The Morgan fingerprint density at radius 2 is 1.80 bits per heavy atom. The lowest BCUT2D eigenvalue weighted by atomic mass is 10.1. The minimum atomic E-state index is -0.417.